The maximum absolute atomic E-state index is 9.80. The molecule has 1 N–H and O–H groups in total. The van der Waals surface area contributed by atoms with Crippen molar-refractivity contribution in [3.63, 3.8) is 0 Å². The van der Waals surface area contributed by atoms with E-state index in [1.165, 1.54) is 0 Å². The molecule has 0 radical (unpaired) electrons. The van der Waals surface area contributed by atoms with Gasteiger partial charge in [-0.05, 0) is 34.6 Å². The Bertz CT molecular complexity index is 186. The first-order valence-electron chi connectivity index (χ1n) is 5.39. The number of β-amino-alcohol motifs (C(OH)–C–C–N with tert-alkyl or cyclic N) is 1. The third-order valence-electron chi connectivity index (χ3n) is 2.63. The summed E-state index contributed by atoms with van der Waals surface area (Å²) >= 11 is 0. The summed E-state index contributed by atoms with van der Waals surface area (Å²) in [5, 5.41) is 9.80. The van der Waals surface area contributed by atoms with Crippen LogP contribution >= 0.6 is 0 Å². The van der Waals surface area contributed by atoms with Gasteiger partial charge >= 0.3 is 0 Å². The van der Waals surface area contributed by atoms with Crippen molar-refractivity contribution < 1.29 is 9.84 Å². The Hall–Kier alpha value is -0.120. The molecule has 0 amide bonds. The average molecular weight is 201 g/mol. The van der Waals surface area contributed by atoms with Crippen LogP contribution in [0.25, 0.3) is 0 Å². The molecule has 1 heterocycles. The molecule has 0 aromatic carbocycles. The van der Waals surface area contributed by atoms with E-state index in [9.17, 15) is 5.11 Å². The maximum atomic E-state index is 9.80. The first-order chi connectivity index (χ1) is 6.30. The van der Waals surface area contributed by atoms with E-state index in [4.69, 9.17) is 4.74 Å². The summed E-state index contributed by atoms with van der Waals surface area (Å²) in [6.07, 6.45) is -0.166. The molecule has 1 saturated heterocycles. The van der Waals surface area contributed by atoms with Crippen molar-refractivity contribution >= 4 is 0 Å². The van der Waals surface area contributed by atoms with Gasteiger partial charge in [-0.2, -0.15) is 0 Å². The Balaban J connectivity index is 2.51. The average Bonchev–Trinajstić information content (AvgIpc) is 2.30. The van der Waals surface area contributed by atoms with E-state index in [1.54, 1.807) is 0 Å². The maximum Gasteiger partial charge on any atom is 0.0976 e. The van der Waals surface area contributed by atoms with Gasteiger partial charge in [0.2, 0.25) is 0 Å². The van der Waals surface area contributed by atoms with E-state index < -0.39 is 0 Å². The fourth-order valence-corrected chi connectivity index (χ4v) is 1.79. The summed E-state index contributed by atoms with van der Waals surface area (Å²) in [6.45, 7) is 12.1. The molecule has 84 valence electrons. The minimum atomic E-state index is -0.336. The van der Waals surface area contributed by atoms with Crippen molar-refractivity contribution in [1.29, 1.82) is 0 Å². The van der Waals surface area contributed by atoms with E-state index >= 15 is 0 Å². The summed E-state index contributed by atoms with van der Waals surface area (Å²) in [6, 6.07) is 0. The Morgan fingerprint density at radius 1 is 1.29 bits per heavy atom. The highest BCUT2D eigenvalue weighted by atomic mass is 16.5. The molecule has 3 nitrogen and oxygen atoms in total. The standard InChI is InChI=1S/C11H23NO2/c1-8(2)14-10-7-12(6-9(10)13)11(3,4)5/h8-10,13H,6-7H2,1-5H3/t9-,10+/m1/s1. The number of aliphatic hydroxyl groups excluding tert-OH is 1. The first kappa shape index (κ1) is 12.0. The lowest BCUT2D eigenvalue weighted by molar-refractivity contribution is -0.0402. The van der Waals surface area contributed by atoms with Gasteiger partial charge in [0.15, 0.2) is 0 Å². The molecule has 0 aromatic rings. The van der Waals surface area contributed by atoms with Crippen LogP contribution in [0, 0.1) is 0 Å². The van der Waals surface area contributed by atoms with Gasteiger partial charge in [-0.1, -0.05) is 0 Å². The normalized spacial score (nSPS) is 30.2. The van der Waals surface area contributed by atoms with Crippen molar-refractivity contribution in [2.24, 2.45) is 0 Å². The summed E-state index contributed by atoms with van der Waals surface area (Å²) in [7, 11) is 0. The summed E-state index contributed by atoms with van der Waals surface area (Å²) in [5.41, 5.74) is 0.121. The molecule has 0 saturated carbocycles. The van der Waals surface area contributed by atoms with Crippen LogP contribution in [-0.4, -0.2) is 46.9 Å². The fraction of sp³-hybridized carbons (Fsp3) is 1.00. The molecule has 1 aliphatic rings. The van der Waals surface area contributed by atoms with E-state index in [2.05, 4.69) is 25.7 Å². The van der Waals surface area contributed by atoms with Crippen LogP contribution in [0.2, 0.25) is 0 Å². The SMILES string of the molecule is CC(C)O[C@H]1CN(C(C)(C)C)C[C@H]1O. The third kappa shape index (κ3) is 2.94. The molecule has 14 heavy (non-hydrogen) atoms. The van der Waals surface area contributed by atoms with Crippen LogP contribution < -0.4 is 0 Å². The van der Waals surface area contributed by atoms with Gasteiger partial charge in [0.05, 0.1) is 18.3 Å². The van der Waals surface area contributed by atoms with E-state index in [0.29, 0.717) is 0 Å². The lowest BCUT2D eigenvalue weighted by Crippen LogP contribution is -2.40. The van der Waals surface area contributed by atoms with Crippen LogP contribution in [0.3, 0.4) is 0 Å². The monoisotopic (exact) mass is 201 g/mol. The Morgan fingerprint density at radius 2 is 1.86 bits per heavy atom. The molecule has 0 aromatic heterocycles. The van der Waals surface area contributed by atoms with Gasteiger partial charge < -0.3 is 9.84 Å². The van der Waals surface area contributed by atoms with Crippen molar-refractivity contribution in [2.75, 3.05) is 13.1 Å². The van der Waals surface area contributed by atoms with Gasteiger partial charge in [-0.15, -0.1) is 0 Å². The van der Waals surface area contributed by atoms with E-state index in [1.807, 2.05) is 13.8 Å². The molecular formula is C11H23NO2. The molecule has 1 fully saturated rings. The quantitative estimate of drug-likeness (QED) is 0.730. The third-order valence-corrected chi connectivity index (χ3v) is 2.63. The minimum absolute atomic E-state index is 0.0192. The summed E-state index contributed by atoms with van der Waals surface area (Å²) < 4.78 is 5.66. The zero-order valence-corrected chi connectivity index (χ0v) is 9.95. The summed E-state index contributed by atoms with van der Waals surface area (Å²) in [4.78, 5) is 2.27. The zero-order chi connectivity index (χ0) is 10.9. The van der Waals surface area contributed by atoms with Crippen LogP contribution in [0.5, 0.6) is 0 Å². The second kappa shape index (κ2) is 4.17. The van der Waals surface area contributed by atoms with Crippen molar-refractivity contribution in [3.8, 4) is 0 Å². The lowest BCUT2D eigenvalue weighted by Gasteiger charge is -2.31. The zero-order valence-electron chi connectivity index (χ0n) is 9.95. The van der Waals surface area contributed by atoms with E-state index in [-0.39, 0.29) is 23.9 Å². The number of hydrogen-bond acceptors (Lipinski definition) is 3. The molecular weight excluding hydrogens is 178 g/mol. The Morgan fingerprint density at radius 3 is 2.21 bits per heavy atom. The van der Waals surface area contributed by atoms with Crippen LogP contribution in [0.1, 0.15) is 34.6 Å². The predicted octanol–water partition coefficient (Wildman–Crippen LogP) is 1.25. The van der Waals surface area contributed by atoms with Crippen LogP contribution in [0.4, 0.5) is 0 Å². The molecule has 0 aliphatic carbocycles. The predicted molar refractivity (Wildman–Crippen MR) is 57.3 cm³/mol. The van der Waals surface area contributed by atoms with Gasteiger partial charge in [-0.3, -0.25) is 4.90 Å². The van der Waals surface area contributed by atoms with Crippen LogP contribution in [0.15, 0.2) is 0 Å². The molecule has 3 heteroatoms. The highest BCUT2D eigenvalue weighted by molar-refractivity contribution is 4.91. The largest absolute Gasteiger partial charge is 0.389 e. The van der Waals surface area contributed by atoms with Gasteiger partial charge in [0.25, 0.3) is 0 Å². The second-order valence-electron chi connectivity index (χ2n) is 5.37. The molecule has 0 bridgehead atoms. The van der Waals surface area contributed by atoms with Gasteiger partial charge in [0.1, 0.15) is 0 Å². The van der Waals surface area contributed by atoms with Gasteiger partial charge in [-0.25, -0.2) is 0 Å². The molecule has 1 rings (SSSR count). The molecule has 0 unspecified atom stereocenters. The smallest absolute Gasteiger partial charge is 0.0976 e. The number of rotatable bonds is 2. The number of ether oxygens (including phenoxy) is 1. The molecule has 2 atom stereocenters. The van der Waals surface area contributed by atoms with Crippen LogP contribution in [-0.2, 0) is 4.74 Å². The van der Waals surface area contributed by atoms with Crippen molar-refractivity contribution in [3.05, 3.63) is 0 Å². The lowest BCUT2D eigenvalue weighted by atomic mass is 10.1. The Labute approximate surface area is 87.1 Å². The number of hydrogen-bond donors (Lipinski definition) is 1. The fourth-order valence-electron chi connectivity index (χ4n) is 1.79. The minimum Gasteiger partial charge on any atom is -0.389 e. The first-order valence-corrected chi connectivity index (χ1v) is 5.39. The number of nitrogens with zero attached hydrogens (tertiary/aromatic N) is 1. The van der Waals surface area contributed by atoms with E-state index in [0.717, 1.165) is 13.1 Å². The van der Waals surface area contributed by atoms with Gasteiger partial charge in [0, 0.05) is 18.6 Å². The Kier molecular flexibility index (Phi) is 3.56. The highest BCUT2D eigenvalue weighted by Gasteiger charge is 2.37. The number of aliphatic hydroxyl groups is 1. The number of likely N-dealkylation sites (tertiary alicyclic amines) is 1. The van der Waals surface area contributed by atoms with Crippen molar-refractivity contribution in [2.45, 2.75) is 58.5 Å². The molecule has 1 aliphatic heterocycles. The topological polar surface area (TPSA) is 32.7 Å². The van der Waals surface area contributed by atoms with Crippen molar-refractivity contribution in [1.82, 2.24) is 4.90 Å². The molecule has 0 spiro atoms. The summed E-state index contributed by atoms with van der Waals surface area (Å²) in [5.74, 6) is 0. The highest BCUT2D eigenvalue weighted by Crippen LogP contribution is 2.23. The second-order valence-corrected chi connectivity index (χ2v) is 5.37.